The molecule has 1 atom stereocenters. The third-order valence-electron chi connectivity index (χ3n) is 15.1. The second-order valence-corrected chi connectivity index (χ2v) is 23.1. The van der Waals surface area contributed by atoms with Crippen LogP contribution in [0.25, 0.3) is 0 Å². The largest absolute Gasteiger partial charge is 0.462 e. The number of ether oxygens (including phenoxy) is 3. The molecule has 0 aliphatic rings. The van der Waals surface area contributed by atoms with Gasteiger partial charge in [0.25, 0.3) is 0 Å². The van der Waals surface area contributed by atoms with Crippen molar-refractivity contribution in [1.29, 1.82) is 0 Å². The zero-order valence-corrected chi connectivity index (χ0v) is 53.1. The topological polar surface area (TPSA) is 78.9 Å². The molecule has 0 saturated heterocycles. The summed E-state index contributed by atoms with van der Waals surface area (Å²) in [5, 5.41) is 0. The first kappa shape index (κ1) is 76.6. The van der Waals surface area contributed by atoms with Gasteiger partial charge in [-0.3, -0.25) is 14.4 Å². The zero-order chi connectivity index (χ0) is 57.8. The molecule has 0 rings (SSSR count). The molecular formula is C74H130O6. The first-order chi connectivity index (χ1) is 39.5. The van der Waals surface area contributed by atoms with Crippen LogP contribution in [0.15, 0.2) is 85.1 Å². The molecule has 0 spiro atoms. The van der Waals surface area contributed by atoms with E-state index >= 15 is 0 Å². The normalized spacial score (nSPS) is 12.6. The van der Waals surface area contributed by atoms with Crippen LogP contribution in [0.4, 0.5) is 0 Å². The Hall–Kier alpha value is -3.41. The molecule has 0 fully saturated rings. The molecule has 0 amide bonds. The summed E-state index contributed by atoms with van der Waals surface area (Å²) in [5.41, 5.74) is 0. The van der Waals surface area contributed by atoms with Crippen molar-refractivity contribution >= 4 is 17.9 Å². The van der Waals surface area contributed by atoms with Gasteiger partial charge in [-0.2, -0.15) is 0 Å². The molecule has 0 aromatic heterocycles. The summed E-state index contributed by atoms with van der Waals surface area (Å²) in [6.07, 6.45) is 90.2. The van der Waals surface area contributed by atoms with E-state index in [0.717, 1.165) is 96.3 Å². The quantitative estimate of drug-likeness (QED) is 0.0261. The van der Waals surface area contributed by atoms with Crippen molar-refractivity contribution in [2.45, 2.75) is 354 Å². The molecule has 6 nitrogen and oxygen atoms in total. The second-order valence-electron chi connectivity index (χ2n) is 23.1. The number of unbranched alkanes of at least 4 members (excludes halogenated alkanes) is 38. The van der Waals surface area contributed by atoms with E-state index in [1.807, 2.05) is 0 Å². The molecule has 0 aromatic carbocycles. The summed E-state index contributed by atoms with van der Waals surface area (Å²) >= 11 is 0. The maximum absolute atomic E-state index is 12.9. The first-order valence-electron chi connectivity index (χ1n) is 34.6. The van der Waals surface area contributed by atoms with E-state index in [9.17, 15) is 14.4 Å². The first-order valence-corrected chi connectivity index (χ1v) is 34.6. The van der Waals surface area contributed by atoms with Gasteiger partial charge < -0.3 is 14.2 Å². The van der Waals surface area contributed by atoms with Crippen molar-refractivity contribution in [3.05, 3.63) is 85.1 Å². The van der Waals surface area contributed by atoms with Gasteiger partial charge in [-0.25, -0.2) is 0 Å². The van der Waals surface area contributed by atoms with E-state index in [1.54, 1.807) is 0 Å². The minimum absolute atomic E-state index is 0.0748. The molecule has 0 aliphatic carbocycles. The average Bonchev–Trinajstić information content (AvgIpc) is 3.46. The van der Waals surface area contributed by atoms with Gasteiger partial charge in [0.2, 0.25) is 0 Å². The number of allylic oxidation sites excluding steroid dienone is 14. The highest BCUT2D eigenvalue weighted by Gasteiger charge is 2.19. The fourth-order valence-corrected chi connectivity index (χ4v) is 9.97. The van der Waals surface area contributed by atoms with E-state index in [4.69, 9.17) is 14.2 Å². The molecular weight excluding hydrogens is 985 g/mol. The van der Waals surface area contributed by atoms with Crippen LogP contribution in [0.1, 0.15) is 348 Å². The van der Waals surface area contributed by atoms with Crippen LogP contribution in [0.2, 0.25) is 0 Å². The van der Waals surface area contributed by atoms with E-state index in [2.05, 4.69) is 106 Å². The molecule has 1 unspecified atom stereocenters. The molecule has 0 bridgehead atoms. The third kappa shape index (κ3) is 65.4. The Morgan fingerprint density at radius 1 is 0.263 bits per heavy atom. The summed E-state index contributed by atoms with van der Waals surface area (Å²) in [6, 6.07) is 0. The minimum Gasteiger partial charge on any atom is -0.462 e. The number of carbonyl (C=O) groups excluding carboxylic acids is 3. The van der Waals surface area contributed by atoms with Gasteiger partial charge in [-0.05, 0) is 96.3 Å². The van der Waals surface area contributed by atoms with Crippen molar-refractivity contribution in [3.63, 3.8) is 0 Å². The maximum atomic E-state index is 12.9. The van der Waals surface area contributed by atoms with Gasteiger partial charge >= 0.3 is 17.9 Å². The smallest absolute Gasteiger partial charge is 0.306 e. The predicted octanol–water partition coefficient (Wildman–Crippen LogP) is 23.8. The van der Waals surface area contributed by atoms with Crippen LogP contribution in [-0.2, 0) is 28.6 Å². The van der Waals surface area contributed by atoms with Crippen LogP contribution in [0.5, 0.6) is 0 Å². The third-order valence-corrected chi connectivity index (χ3v) is 15.1. The van der Waals surface area contributed by atoms with E-state index in [1.165, 1.54) is 212 Å². The molecule has 0 N–H and O–H groups in total. The lowest BCUT2D eigenvalue weighted by Crippen LogP contribution is -2.30. The lowest BCUT2D eigenvalue weighted by atomic mass is 10.0. The van der Waals surface area contributed by atoms with Crippen molar-refractivity contribution in [2.75, 3.05) is 13.2 Å². The Morgan fingerprint density at radius 3 is 0.787 bits per heavy atom. The number of carbonyl (C=O) groups is 3. The molecule has 0 heterocycles. The molecule has 80 heavy (non-hydrogen) atoms. The van der Waals surface area contributed by atoms with Crippen LogP contribution < -0.4 is 0 Å². The standard InChI is InChI=1S/C74H130O6/c1-4-7-10-13-16-19-22-25-28-31-33-34-35-36-37-38-39-40-42-43-46-49-52-55-58-61-64-67-73(76)79-70-71(69-78-72(75)66-63-60-57-54-51-48-45-30-27-24-21-18-15-12-9-6-3)80-74(77)68-65-62-59-56-53-50-47-44-41-32-29-26-23-20-17-14-11-8-5-2/h7,10,16-17,19-20,25-26,28-29,33-34,36-37,71H,4-6,8-9,11-15,18,21-24,27,30-32,35,38-70H2,1-3H3/b10-7-,19-16-,20-17-,28-25-,29-26-,34-33-,37-36-. The highest BCUT2D eigenvalue weighted by molar-refractivity contribution is 5.71. The van der Waals surface area contributed by atoms with Crippen molar-refractivity contribution in [2.24, 2.45) is 0 Å². The van der Waals surface area contributed by atoms with Crippen molar-refractivity contribution < 1.29 is 28.6 Å². The molecule has 0 aromatic rings. The molecule has 462 valence electrons. The molecule has 6 heteroatoms. The lowest BCUT2D eigenvalue weighted by molar-refractivity contribution is -0.167. The Kier molecular flexibility index (Phi) is 65.2. The molecule has 0 aliphatic heterocycles. The van der Waals surface area contributed by atoms with E-state index in [0.29, 0.717) is 19.3 Å². The monoisotopic (exact) mass is 1110 g/mol. The van der Waals surface area contributed by atoms with E-state index < -0.39 is 6.10 Å². The molecule has 0 radical (unpaired) electrons. The summed E-state index contributed by atoms with van der Waals surface area (Å²) in [7, 11) is 0. The van der Waals surface area contributed by atoms with Gasteiger partial charge in [0.15, 0.2) is 6.10 Å². The second kappa shape index (κ2) is 68.1. The van der Waals surface area contributed by atoms with Crippen molar-refractivity contribution in [1.82, 2.24) is 0 Å². The fourth-order valence-electron chi connectivity index (χ4n) is 9.97. The Morgan fingerprint density at radius 2 is 0.487 bits per heavy atom. The van der Waals surface area contributed by atoms with Crippen LogP contribution in [0.3, 0.4) is 0 Å². The Balaban J connectivity index is 4.32. The van der Waals surface area contributed by atoms with Gasteiger partial charge in [0.1, 0.15) is 13.2 Å². The van der Waals surface area contributed by atoms with Gasteiger partial charge in [0.05, 0.1) is 0 Å². The summed E-state index contributed by atoms with van der Waals surface area (Å²) < 4.78 is 17.0. The fraction of sp³-hybridized carbons (Fsp3) is 0.770. The van der Waals surface area contributed by atoms with Crippen LogP contribution >= 0.6 is 0 Å². The Labute approximate surface area is 496 Å². The SMILES string of the molecule is CC/C=C\C/C=C\C/C=C\C/C=C\C/C=C\CCCCCCCCCCCCCC(=O)OCC(COC(=O)CCCCCCCCCCCCCCCCCC)OC(=O)CCCCCCCCCCC/C=C\C/C=C\CCCCC. The summed E-state index contributed by atoms with van der Waals surface area (Å²) in [4.78, 5) is 38.4. The highest BCUT2D eigenvalue weighted by atomic mass is 16.6. The minimum atomic E-state index is -0.780. The highest BCUT2D eigenvalue weighted by Crippen LogP contribution is 2.17. The number of hydrogen-bond donors (Lipinski definition) is 0. The number of rotatable bonds is 63. The van der Waals surface area contributed by atoms with E-state index in [-0.39, 0.29) is 31.1 Å². The summed E-state index contributed by atoms with van der Waals surface area (Å²) in [6.45, 7) is 6.55. The van der Waals surface area contributed by atoms with Gasteiger partial charge in [-0.15, -0.1) is 0 Å². The van der Waals surface area contributed by atoms with Crippen LogP contribution in [0, 0.1) is 0 Å². The average molecular weight is 1120 g/mol. The number of esters is 3. The molecule has 0 saturated carbocycles. The number of hydrogen-bond acceptors (Lipinski definition) is 6. The predicted molar refractivity (Wildman–Crippen MR) is 348 cm³/mol. The lowest BCUT2D eigenvalue weighted by Gasteiger charge is -2.18. The van der Waals surface area contributed by atoms with Gasteiger partial charge in [0, 0.05) is 19.3 Å². The zero-order valence-electron chi connectivity index (χ0n) is 53.1. The summed E-state index contributed by atoms with van der Waals surface area (Å²) in [5.74, 6) is -0.863. The van der Waals surface area contributed by atoms with Crippen molar-refractivity contribution in [3.8, 4) is 0 Å². The Bertz CT molecular complexity index is 1520. The van der Waals surface area contributed by atoms with Gasteiger partial charge in [-0.1, -0.05) is 318 Å². The van der Waals surface area contributed by atoms with Crippen LogP contribution in [-0.4, -0.2) is 37.2 Å². The maximum Gasteiger partial charge on any atom is 0.306 e.